The molecule has 1 atom stereocenters. The molecule has 4 heteroatoms. The highest BCUT2D eigenvalue weighted by Crippen LogP contribution is 2.19. The van der Waals surface area contributed by atoms with Crippen LogP contribution in [0.3, 0.4) is 0 Å². The highest BCUT2D eigenvalue weighted by atomic mass is 16.2. The van der Waals surface area contributed by atoms with Gasteiger partial charge in [-0.1, -0.05) is 37.3 Å². The molecule has 19 heavy (non-hydrogen) atoms. The monoisotopic (exact) mass is 260 g/mol. The van der Waals surface area contributed by atoms with Crippen molar-refractivity contribution in [1.29, 1.82) is 0 Å². The number of benzene rings is 1. The lowest BCUT2D eigenvalue weighted by molar-refractivity contribution is -0.130. The Kier molecular flexibility index (Phi) is 4.55. The number of amides is 2. The number of rotatable bonds is 4. The molecule has 1 unspecified atom stereocenters. The summed E-state index contributed by atoms with van der Waals surface area (Å²) in [6.45, 7) is 3.55. The summed E-state index contributed by atoms with van der Waals surface area (Å²) in [5.41, 5.74) is 1.29. The average molecular weight is 260 g/mol. The second-order valence-electron chi connectivity index (χ2n) is 5.01. The smallest absolute Gasteiger partial charge is 0.241 e. The Morgan fingerprint density at radius 1 is 1.26 bits per heavy atom. The molecular weight excluding hydrogens is 240 g/mol. The van der Waals surface area contributed by atoms with Gasteiger partial charge in [-0.3, -0.25) is 9.59 Å². The van der Waals surface area contributed by atoms with Crippen LogP contribution in [0.5, 0.6) is 0 Å². The maximum absolute atomic E-state index is 11.8. The fraction of sp³-hybridized carbons (Fsp3) is 0.467. The first-order chi connectivity index (χ1) is 9.16. The number of carbonyl (C=O) groups is 2. The standard InChI is InChI=1S/C15H20N2O2/c1-12(13-5-3-2-4-6-13)7-9-17-10-8-14(18)16-11-15(17)19/h2-6,12H,7-11H2,1H3,(H,16,18). The van der Waals surface area contributed by atoms with Crippen molar-refractivity contribution < 1.29 is 9.59 Å². The fourth-order valence-electron chi connectivity index (χ4n) is 2.27. The first-order valence-electron chi connectivity index (χ1n) is 6.76. The summed E-state index contributed by atoms with van der Waals surface area (Å²) in [5, 5.41) is 2.61. The van der Waals surface area contributed by atoms with Gasteiger partial charge in [0.1, 0.15) is 0 Å². The Bertz CT molecular complexity index is 445. The second-order valence-corrected chi connectivity index (χ2v) is 5.01. The van der Waals surface area contributed by atoms with Crippen molar-refractivity contribution in [2.75, 3.05) is 19.6 Å². The lowest BCUT2D eigenvalue weighted by atomic mass is 9.98. The van der Waals surface area contributed by atoms with E-state index in [0.717, 1.165) is 6.42 Å². The molecule has 2 rings (SSSR count). The van der Waals surface area contributed by atoms with E-state index in [9.17, 15) is 9.59 Å². The van der Waals surface area contributed by atoms with E-state index in [1.807, 2.05) is 18.2 Å². The molecule has 4 nitrogen and oxygen atoms in total. The maximum Gasteiger partial charge on any atom is 0.241 e. The maximum atomic E-state index is 11.8. The average Bonchev–Trinajstić information content (AvgIpc) is 2.60. The van der Waals surface area contributed by atoms with Crippen molar-refractivity contribution in [2.24, 2.45) is 0 Å². The van der Waals surface area contributed by atoms with E-state index < -0.39 is 0 Å². The predicted octanol–water partition coefficient (Wildman–Crippen LogP) is 1.53. The van der Waals surface area contributed by atoms with E-state index in [4.69, 9.17) is 0 Å². The van der Waals surface area contributed by atoms with Gasteiger partial charge in [0, 0.05) is 19.5 Å². The third-order valence-corrected chi connectivity index (χ3v) is 3.60. The number of nitrogens with one attached hydrogen (secondary N) is 1. The molecule has 0 aliphatic carbocycles. The Morgan fingerprint density at radius 2 is 2.00 bits per heavy atom. The molecule has 1 aromatic carbocycles. The van der Waals surface area contributed by atoms with Gasteiger partial charge in [0.25, 0.3) is 0 Å². The van der Waals surface area contributed by atoms with Crippen LogP contribution in [0, 0.1) is 0 Å². The van der Waals surface area contributed by atoms with Crippen LogP contribution < -0.4 is 5.32 Å². The van der Waals surface area contributed by atoms with Crippen molar-refractivity contribution in [3.8, 4) is 0 Å². The zero-order valence-corrected chi connectivity index (χ0v) is 11.3. The number of hydrogen-bond donors (Lipinski definition) is 1. The van der Waals surface area contributed by atoms with E-state index >= 15 is 0 Å². The minimum absolute atomic E-state index is 0.0195. The third-order valence-electron chi connectivity index (χ3n) is 3.60. The van der Waals surface area contributed by atoms with Gasteiger partial charge in [0.15, 0.2) is 0 Å². The molecule has 1 N–H and O–H groups in total. The van der Waals surface area contributed by atoms with Crippen LogP contribution >= 0.6 is 0 Å². The zero-order valence-electron chi connectivity index (χ0n) is 11.3. The van der Waals surface area contributed by atoms with Crippen LogP contribution in [0.4, 0.5) is 0 Å². The van der Waals surface area contributed by atoms with Crippen LogP contribution in [0.2, 0.25) is 0 Å². The predicted molar refractivity (Wildman–Crippen MR) is 73.7 cm³/mol. The Morgan fingerprint density at radius 3 is 2.74 bits per heavy atom. The summed E-state index contributed by atoms with van der Waals surface area (Å²) < 4.78 is 0. The summed E-state index contributed by atoms with van der Waals surface area (Å²) in [6.07, 6.45) is 1.33. The normalized spacial score (nSPS) is 17.8. The van der Waals surface area contributed by atoms with Crippen LogP contribution in [0.1, 0.15) is 31.2 Å². The van der Waals surface area contributed by atoms with Gasteiger partial charge in [-0.2, -0.15) is 0 Å². The lowest BCUT2D eigenvalue weighted by Gasteiger charge is -2.22. The van der Waals surface area contributed by atoms with Gasteiger partial charge in [0.2, 0.25) is 11.8 Å². The summed E-state index contributed by atoms with van der Waals surface area (Å²) in [7, 11) is 0. The minimum atomic E-state index is -0.0352. The van der Waals surface area contributed by atoms with Gasteiger partial charge in [-0.15, -0.1) is 0 Å². The van der Waals surface area contributed by atoms with Crippen molar-refractivity contribution in [3.63, 3.8) is 0 Å². The molecule has 0 saturated carbocycles. The SMILES string of the molecule is CC(CCN1CCC(=O)NCC1=O)c1ccccc1. The lowest BCUT2D eigenvalue weighted by Crippen LogP contribution is -2.36. The minimum Gasteiger partial charge on any atom is -0.347 e. The van der Waals surface area contributed by atoms with Crippen molar-refractivity contribution in [1.82, 2.24) is 10.2 Å². The van der Waals surface area contributed by atoms with E-state index in [2.05, 4.69) is 24.4 Å². The molecule has 0 aromatic heterocycles. The number of nitrogens with zero attached hydrogens (tertiary/aromatic N) is 1. The van der Waals surface area contributed by atoms with E-state index in [-0.39, 0.29) is 18.4 Å². The topological polar surface area (TPSA) is 49.4 Å². The summed E-state index contributed by atoms with van der Waals surface area (Å²) in [5.74, 6) is 0.402. The fourth-order valence-corrected chi connectivity index (χ4v) is 2.27. The van der Waals surface area contributed by atoms with Gasteiger partial charge >= 0.3 is 0 Å². The zero-order chi connectivity index (χ0) is 13.7. The Hall–Kier alpha value is -1.84. The molecule has 1 aliphatic heterocycles. The molecule has 1 fully saturated rings. The van der Waals surface area contributed by atoms with Gasteiger partial charge in [-0.05, 0) is 17.9 Å². The van der Waals surface area contributed by atoms with Crippen LogP contribution in [0.25, 0.3) is 0 Å². The highest BCUT2D eigenvalue weighted by molar-refractivity contribution is 5.87. The molecule has 1 aromatic rings. The largest absolute Gasteiger partial charge is 0.347 e. The van der Waals surface area contributed by atoms with E-state index in [1.54, 1.807) is 4.90 Å². The van der Waals surface area contributed by atoms with E-state index in [0.29, 0.717) is 25.4 Å². The third kappa shape index (κ3) is 3.81. The van der Waals surface area contributed by atoms with Gasteiger partial charge < -0.3 is 10.2 Å². The molecule has 102 valence electrons. The van der Waals surface area contributed by atoms with Crippen LogP contribution in [0.15, 0.2) is 30.3 Å². The van der Waals surface area contributed by atoms with Gasteiger partial charge in [-0.25, -0.2) is 0 Å². The molecule has 0 bridgehead atoms. The van der Waals surface area contributed by atoms with Crippen molar-refractivity contribution in [2.45, 2.75) is 25.7 Å². The van der Waals surface area contributed by atoms with Crippen molar-refractivity contribution in [3.05, 3.63) is 35.9 Å². The summed E-state index contributed by atoms with van der Waals surface area (Å²) in [4.78, 5) is 24.9. The molecule has 1 saturated heterocycles. The number of hydrogen-bond acceptors (Lipinski definition) is 2. The Balaban J connectivity index is 1.87. The molecule has 0 radical (unpaired) electrons. The van der Waals surface area contributed by atoms with Crippen LogP contribution in [-0.4, -0.2) is 36.3 Å². The van der Waals surface area contributed by atoms with Crippen LogP contribution in [-0.2, 0) is 9.59 Å². The molecule has 1 heterocycles. The van der Waals surface area contributed by atoms with Crippen molar-refractivity contribution >= 4 is 11.8 Å². The Labute approximate surface area is 113 Å². The quantitative estimate of drug-likeness (QED) is 0.892. The highest BCUT2D eigenvalue weighted by Gasteiger charge is 2.20. The molecule has 0 spiro atoms. The number of carbonyl (C=O) groups excluding carboxylic acids is 2. The second kappa shape index (κ2) is 6.36. The van der Waals surface area contributed by atoms with E-state index in [1.165, 1.54) is 5.56 Å². The first-order valence-corrected chi connectivity index (χ1v) is 6.76. The molecule has 2 amide bonds. The first kappa shape index (κ1) is 13.6. The molecular formula is C15H20N2O2. The summed E-state index contributed by atoms with van der Waals surface area (Å²) in [6, 6.07) is 10.3. The van der Waals surface area contributed by atoms with Gasteiger partial charge in [0.05, 0.1) is 6.54 Å². The molecule has 1 aliphatic rings. The summed E-state index contributed by atoms with van der Waals surface area (Å²) >= 11 is 0.